The lowest BCUT2D eigenvalue weighted by Gasteiger charge is -2.09. The second-order valence-electron chi connectivity index (χ2n) is 7.69. The van der Waals surface area contributed by atoms with Crippen LogP contribution in [0.1, 0.15) is 27.4 Å². The molecule has 178 valence electrons. The number of benzene rings is 2. The summed E-state index contributed by atoms with van der Waals surface area (Å²) in [5.74, 6) is 1.08. The molecule has 1 fully saturated rings. The predicted molar refractivity (Wildman–Crippen MR) is 120 cm³/mol. The van der Waals surface area contributed by atoms with Crippen LogP contribution in [0.3, 0.4) is 0 Å². The lowest BCUT2D eigenvalue weighted by Crippen LogP contribution is -2.30. The first-order valence-electron chi connectivity index (χ1n) is 10.6. The van der Waals surface area contributed by atoms with Crippen LogP contribution in [-0.4, -0.2) is 36.7 Å². The lowest BCUT2D eigenvalue weighted by molar-refractivity contribution is -0.123. The summed E-state index contributed by atoms with van der Waals surface area (Å²) >= 11 is 0. The van der Waals surface area contributed by atoms with Crippen molar-refractivity contribution in [2.45, 2.75) is 13.2 Å². The minimum absolute atomic E-state index is 0.0112. The molecule has 0 bridgehead atoms. The van der Waals surface area contributed by atoms with E-state index < -0.39 is 17.9 Å². The van der Waals surface area contributed by atoms with Crippen molar-refractivity contribution in [1.82, 2.24) is 10.2 Å². The third-order valence-electron chi connectivity index (χ3n) is 5.34. The number of amides is 3. The molecule has 1 aromatic heterocycles. The second-order valence-corrected chi connectivity index (χ2v) is 7.69. The molecule has 3 amide bonds. The van der Waals surface area contributed by atoms with Gasteiger partial charge in [0, 0.05) is 0 Å². The Morgan fingerprint density at radius 3 is 2.80 bits per heavy atom. The van der Waals surface area contributed by atoms with Crippen LogP contribution in [0.2, 0.25) is 0 Å². The van der Waals surface area contributed by atoms with Crippen LogP contribution >= 0.6 is 0 Å². The van der Waals surface area contributed by atoms with Gasteiger partial charge in [0.1, 0.15) is 23.8 Å². The summed E-state index contributed by atoms with van der Waals surface area (Å²) in [5, 5.41) is 2.56. The topological polar surface area (TPSA) is 117 Å². The van der Waals surface area contributed by atoms with Crippen molar-refractivity contribution in [2.24, 2.45) is 0 Å². The summed E-state index contributed by atoms with van der Waals surface area (Å²) in [6.45, 7) is 0.396. The highest BCUT2D eigenvalue weighted by Gasteiger charge is 2.34. The number of nitrogens with zero attached hydrogens (tertiary/aromatic N) is 1. The molecule has 0 unspecified atom stereocenters. The Morgan fingerprint density at radius 1 is 1.09 bits per heavy atom. The first-order valence-corrected chi connectivity index (χ1v) is 10.6. The first kappa shape index (κ1) is 22.1. The fourth-order valence-electron chi connectivity index (χ4n) is 3.60. The number of hydrogen-bond donors (Lipinski definition) is 1. The zero-order valence-electron chi connectivity index (χ0n) is 18.6. The van der Waals surface area contributed by atoms with Gasteiger partial charge in [-0.1, -0.05) is 18.2 Å². The summed E-state index contributed by atoms with van der Waals surface area (Å²) in [6, 6.07) is 15.1. The molecule has 3 heterocycles. The maximum Gasteiger partial charge on any atom is 0.373 e. The number of methoxy groups -OCH3 is 1. The average Bonchev–Trinajstić information content (AvgIpc) is 3.59. The van der Waals surface area contributed by atoms with Gasteiger partial charge in [-0.05, 0) is 53.6 Å². The van der Waals surface area contributed by atoms with Gasteiger partial charge in [-0.25, -0.2) is 9.59 Å². The summed E-state index contributed by atoms with van der Waals surface area (Å²) in [4.78, 5) is 37.7. The summed E-state index contributed by atoms with van der Waals surface area (Å²) in [5.41, 5.74) is 1.70. The van der Waals surface area contributed by atoms with E-state index in [0.717, 1.165) is 10.5 Å². The van der Waals surface area contributed by atoms with Crippen molar-refractivity contribution in [3.8, 4) is 17.2 Å². The summed E-state index contributed by atoms with van der Waals surface area (Å²) < 4.78 is 26.5. The van der Waals surface area contributed by atoms with Gasteiger partial charge in [-0.3, -0.25) is 9.69 Å². The number of urea groups is 1. The average molecular weight is 476 g/mol. The monoisotopic (exact) mass is 476 g/mol. The number of esters is 1. The molecule has 1 N–H and O–H groups in total. The Hall–Kier alpha value is -4.73. The molecule has 2 aromatic carbocycles. The quantitative estimate of drug-likeness (QED) is 0.313. The van der Waals surface area contributed by atoms with Crippen molar-refractivity contribution >= 4 is 24.0 Å². The van der Waals surface area contributed by atoms with Crippen molar-refractivity contribution < 1.29 is 37.7 Å². The van der Waals surface area contributed by atoms with Gasteiger partial charge >= 0.3 is 12.0 Å². The molecule has 0 spiro atoms. The van der Waals surface area contributed by atoms with Crippen molar-refractivity contribution in [2.75, 3.05) is 13.9 Å². The standard InChI is InChI=1S/C25H20N2O8/c1-31-24(29)21-8-6-18(35-21)12-27-23(28)19(26-25(27)30)10-15-3-2-4-17(9-15)32-13-16-5-7-20-22(11-16)34-14-33-20/h2-11H,12-14H2,1H3,(H,26,30)/b19-10-. The molecular weight excluding hydrogens is 456 g/mol. The number of furan rings is 1. The third kappa shape index (κ3) is 4.67. The van der Waals surface area contributed by atoms with Gasteiger partial charge in [-0.2, -0.15) is 0 Å². The van der Waals surface area contributed by atoms with Gasteiger partial charge < -0.3 is 28.7 Å². The SMILES string of the molecule is COC(=O)c1ccc(CN2C(=O)N/C(=C\c3cccc(OCc4ccc5c(c4)OCO5)c3)C2=O)o1. The molecule has 1 saturated heterocycles. The second kappa shape index (κ2) is 9.26. The normalized spacial score (nSPS) is 15.5. The van der Waals surface area contributed by atoms with E-state index in [1.807, 2.05) is 18.2 Å². The highest BCUT2D eigenvalue weighted by Crippen LogP contribution is 2.33. The molecule has 2 aliphatic heterocycles. The molecule has 10 heteroatoms. The fraction of sp³-hybridized carbons (Fsp3) is 0.160. The number of imide groups is 1. The molecule has 3 aromatic rings. The number of nitrogens with one attached hydrogen (secondary N) is 1. The van der Waals surface area contributed by atoms with Crippen LogP contribution in [0, 0.1) is 0 Å². The van der Waals surface area contributed by atoms with Crippen LogP contribution in [0.4, 0.5) is 4.79 Å². The Bertz CT molecular complexity index is 1340. The Morgan fingerprint density at radius 2 is 1.94 bits per heavy atom. The first-order chi connectivity index (χ1) is 17.0. The number of carbonyl (C=O) groups is 3. The van der Waals surface area contributed by atoms with E-state index >= 15 is 0 Å². The Balaban J connectivity index is 1.25. The fourth-order valence-corrected chi connectivity index (χ4v) is 3.60. The van der Waals surface area contributed by atoms with E-state index in [0.29, 0.717) is 29.4 Å². The minimum Gasteiger partial charge on any atom is -0.489 e. The van der Waals surface area contributed by atoms with Gasteiger partial charge in [0.25, 0.3) is 5.91 Å². The highest BCUT2D eigenvalue weighted by atomic mass is 16.7. The summed E-state index contributed by atoms with van der Waals surface area (Å²) in [7, 11) is 1.23. The summed E-state index contributed by atoms with van der Waals surface area (Å²) in [6.07, 6.45) is 1.57. The number of rotatable bonds is 7. The van der Waals surface area contributed by atoms with Gasteiger partial charge in [0.05, 0.1) is 13.7 Å². The van der Waals surface area contributed by atoms with E-state index in [4.69, 9.17) is 18.6 Å². The van der Waals surface area contributed by atoms with Crippen LogP contribution in [0.15, 0.2) is 64.7 Å². The van der Waals surface area contributed by atoms with Crippen molar-refractivity contribution in [3.05, 3.63) is 82.9 Å². The van der Waals surface area contributed by atoms with Gasteiger partial charge in [0.15, 0.2) is 11.5 Å². The highest BCUT2D eigenvalue weighted by molar-refractivity contribution is 6.13. The van der Waals surface area contributed by atoms with E-state index in [1.54, 1.807) is 30.3 Å². The molecule has 35 heavy (non-hydrogen) atoms. The van der Waals surface area contributed by atoms with Gasteiger partial charge in [-0.15, -0.1) is 0 Å². The maximum absolute atomic E-state index is 12.8. The largest absolute Gasteiger partial charge is 0.489 e. The van der Waals surface area contributed by atoms with Crippen molar-refractivity contribution in [1.29, 1.82) is 0 Å². The van der Waals surface area contributed by atoms with Gasteiger partial charge in [0.2, 0.25) is 12.6 Å². The molecule has 5 rings (SSSR count). The number of carbonyl (C=O) groups excluding carboxylic acids is 3. The van der Waals surface area contributed by atoms with Crippen LogP contribution in [0.5, 0.6) is 17.2 Å². The third-order valence-corrected chi connectivity index (χ3v) is 5.34. The number of hydrogen-bond acceptors (Lipinski definition) is 8. The van der Waals surface area contributed by atoms with Crippen LogP contribution in [0.25, 0.3) is 6.08 Å². The molecule has 0 atom stereocenters. The van der Waals surface area contributed by atoms with E-state index in [9.17, 15) is 14.4 Å². The molecular formula is C25H20N2O8. The minimum atomic E-state index is -0.644. The smallest absolute Gasteiger partial charge is 0.373 e. The van der Waals surface area contributed by atoms with Crippen molar-refractivity contribution in [3.63, 3.8) is 0 Å². The lowest BCUT2D eigenvalue weighted by atomic mass is 10.1. The zero-order chi connectivity index (χ0) is 24.4. The predicted octanol–water partition coefficient (Wildman–Crippen LogP) is 3.47. The molecule has 2 aliphatic rings. The Kier molecular flexibility index (Phi) is 5.84. The van der Waals surface area contributed by atoms with Crippen LogP contribution in [-0.2, 0) is 22.7 Å². The molecule has 0 aliphatic carbocycles. The van der Waals surface area contributed by atoms with Crippen LogP contribution < -0.4 is 19.5 Å². The molecule has 0 saturated carbocycles. The number of fused-ring (bicyclic) bond motifs is 1. The molecule has 10 nitrogen and oxygen atoms in total. The van der Waals surface area contributed by atoms with E-state index in [2.05, 4.69) is 10.1 Å². The maximum atomic E-state index is 12.8. The Labute approximate surface area is 199 Å². The van der Waals surface area contributed by atoms with E-state index in [-0.39, 0.29) is 30.6 Å². The zero-order valence-corrected chi connectivity index (χ0v) is 18.6. The van der Waals surface area contributed by atoms with E-state index in [1.165, 1.54) is 19.2 Å². The molecule has 0 radical (unpaired) electrons. The number of ether oxygens (including phenoxy) is 4.